The molecule has 2 heteroatoms. The number of hydrogen-bond donors (Lipinski definition) is 1. The Morgan fingerprint density at radius 3 is 2.52 bits per heavy atom. The molecule has 2 aromatic carbocycles. The fourth-order valence-corrected chi connectivity index (χ4v) is 2.83. The molecule has 3 rings (SSSR count). The Kier molecular flexibility index (Phi) is 3.87. The highest BCUT2D eigenvalue weighted by Crippen LogP contribution is 2.23. The lowest BCUT2D eigenvalue weighted by Gasteiger charge is -2.03. The number of benzene rings is 2. The zero-order valence-electron chi connectivity index (χ0n) is 12.2. The first-order chi connectivity index (χ1) is 10.2. The number of carbonyl (C=O) groups is 1. The fraction of sp³-hybridized carbons (Fsp3) is 0.211. The molecule has 0 bridgehead atoms. The van der Waals surface area contributed by atoms with Crippen LogP contribution in [0.25, 0.3) is 10.9 Å². The van der Waals surface area contributed by atoms with Crippen LogP contribution >= 0.6 is 0 Å². The molecule has 0 unspecified atom stereocenters. The van der Waals surface area contributed by atoms with Crippen molar-refractivity contribution in [3.8, 4) is 0 Å². The molecule has 0 aliphatic heterocycles. The number of fused-ring (bicyclic) bond motifs is 1. The Hall–Kier alpha value is -2.35. The molecule has 2 nitrogen and oxygen atoms in total. The molecule has 0 saturated heterocycles. The van der Waals surface area contributed by atoms with Gasteiger partial charge in [0.05, 0.1) is 0 Å². The van der Waals surface area contributed by atoms with Gasteiger partial charge in [-0.05, 0) is 30.5 Å². The molecule has 3 aromatic rings. The van der Waals surface area contributed by atoms with Crippen molar-refractivity contribution in [1.82, 2.24) is 4.98 Å². The molecule has 0 saturated carbocycles. The van der Waals surface area contributed by atoms with Crippen LogP contribution in [0.5, 0.6) is 0 Å². The summed E-state index contributed by atoms with van der Waals surface area (Å²) in [7, 11) is 0. The van der Waals surface area contributed by atoms with E-state index in [9.17, 15) is 4.79 Å². The molecule has 0 atom stereocenters. The van der Waals surface area contributed by atoms with Gasteiger partial charge in [0.2, 0.25) is 0 Å². The molecule has 1 aromatic heterocycles. The van der Waals surface area contributed by atoms with Crippen LogP contribution in [0.3, 0.4) is 0 Å². The van der Waals surface area contributed by atoms with E-state index < -0.39 is 0 Å². The molecule has 0 aliphatic carbocycles. The van der Waals surface area contributed by atoms with Crippen LogP contribution in [0, 0.1) is 6.92 Å². The molecule has 106 valence electrons. The minimum Gasteiger partial charge on any atom is -0.358 e. The number of para-hydroxylation sites is 1. The van der Waals surface area contributed by atoms with E-state index in [4.69, 9.17) is 0 Å². The van der Waals surface area contributed by atoms with Crippen molar-refractivity contribution < 1.29 is 4.79 Å². The first-order valence-corrected chi connectivity index (χ1v) is 7.36. The van der Waals surface area contributed by atoms with E-state index in [1.807, 2.05) is 42.5 Å². The maximum absolute atomic E-state index is 12.1. The Morgan fingerprint density at radius 2 is 1.71 bits per heavy atom. The number of aromatic amines is 1. The van der Waals surface area contributed by atoms with Gasteiger partial charge in [-0.1, -0.05) is 48.5 Å². The van der Waals surface area contributed by atoms with E-state index in [1.54, 1.807) is 0 Å². The third kappa shape index (κ3) is 3.05. The number of H-pyrrole nitrogens is 1. The number of ketones is 1. The number of Topliss-reactive ketones (excluding diaryl/α,β-unsaturated/α-hetero) is 1. The highest BCUT2D eigenvalue weighted by molar-refractivity contribution is 5.86. The largest absolute Gasteiger partial charge is 0.358 e. The van der Waals surface area contributed by atoms with Crippen molar-refractivity contribution in [3.63, 3.8) is 0 Å². The number of aryl methyl sites for hydroxylation is 2. The SMILES string of the molecule is Cc1[nH]c2ccccc2c1CCC(=O)Cc1ccccc1. The van der Waals surface area contributed by atoms with Gasteiger partial charge in [0.25, 0.3) is 0 Å². The predicted octanol–water partition coefficient (Wildman–Crippen LogP) is 4.22. The van der Waals surface area contributed by atoms with E-state index in [0.29, 0.717) is 18.6 Å². The number of nitrogens with one attached hydrogen (secondary N) is 1. The Morgan fingerprint density at radius 1 is 1.00 bits per heavy atom. The van der Waals surface area contributed by atoms with Crippen molar-refractivity contribution in [2.45, 2.75) is 26.2 Å². The molecule has 1 N–H and O–H groups in total. The number of aromatic nitrogens is 1. The fourth-order valence-electron chi connectivity index (χ4n) is 2.83. The lowest BCUT2D eigenvalue weighted by Crippen LogP contribution is -2.04. The summed E-state index contributed by atoms with van der Waals surface area (Å²) in [5.41, 5.74) is 4.69. The summed E-state index contributed by atoms with van der Waals surface area (Å²) in [6, 6.07) is 18.2. The van der Waals surface area contributed by atoms with Gasteiger partial charge >= 0.3 is 0 Å². The molecular formula is C19H19NO. The minimum absolute atomic E-state index is 0.297. The van der Waals surface area contributed by atoms with Gasteiger partial charge in [-0.3, -0.25) is 4.79 Å². The van der Waals surface area contributed by atoms with Crippen molar-refractivity contribution in [2.24, 2.45) is 0 Å². The third-order valence-corrected chi connectivity index (χ3v) is 3.92. The Balaban J connectivity index is 1.69. The zero-order valence-corrected chi connectivity index (χ0v) is 12.2. The van der Waals surface area contributed by atoms with Gasteiger partial charge in [0, 0.05) is 29.4 Å². The van der Waals surface area contributed by atoms with Crippen LogP contribution < -0.4 is 0 Å². The second-order valence-corrected chi connectivity index (χ2v) is 5.48. The molecule has 0 aliphatic rings. The summed E-state index contributed by atoms with van der Waals surface area (Å²) in [6.45, 7) is 2.08. The average molecular weight is 277 g/mol. The van der Waals surface area contributed by atoms with Crippen LogP contribution in [-0.2, 0) is 17.6 Å². The third-order valence-electron chi connectivity index (χ3n) is 3.92. The lowest BCUT2D eigenvalue weighted by molar-refractivity contribution is -0.118. The van der Waals surface area contributed by atoms with Crippen LogP contribution in [-0.4, -0.2) is 10.8 Å². The zero-order chi connectivity index (χ0) is 14.7. The molecule has 0 fully saturated rings. The minimum atomic E-state index is 0.297. The predicted molar refractivity (Wildman–Crippen MR) is 86.5 cm³/mol. The van der Waals surface area contributed by atoms with Crippen molar-refractivity contribution in [2.75, 3.05) is 0 Å². The molecule has 1 heterocycles. The van der Waals surface area contributed by atoms with Crippen LogP contribution in [0.1, 0.15) is 23.2 Å². The van der Waals surface area contributed by atoms with E-state index in [0.717, 1.165) is 17.5 Å². The summed E-state index contributed by atoms with van der Waals surface area (Å²) in [4.78, 5) is 15.5. The standard InChI is InChI=1S/C19H19NO/c1-14-17(18-9-5-6-10-19(18)20-14)12-11-16(21)13-15-7-3-2-4-8-15/h2-10,20H,11-13H2,1H3. The summed E-state index contributed by atoms with van der Waals surface area (Å²) < 4.78 is 0. The monoisotopic (exact) mass is 277 g/mol. The quantitative estimate of drug-likeness (QED) is 0.744. The maximum atomic E-state index is 12.1. The summed E-state index contributed by atoms with van der Waals surface area (Å²) >= 11 is 0. The second-order valence-electron chi connectivity index (χ2n) is 5.48. The maximum Gasteiger partial charge on any atom is 0.137 e. The topological polar surface area (TPSA) is 32.9 Å². The van der Waals surface area contributed by atoms with Crippen LogP contribution in [0.4, 0.5) is 0 Å². The van der Waals surface area contributed by atoms with Crippen molar-refractivity contribution >= 4 is 16.7 Å². The highest BCUT2D eigenvalue weighted by Gasteiger charge is 2.10. The number of carbonyl (C=O) groups excluding carboxylic acids is 1. The summed E-state index contributed by atoms with van der Waals surface area (Å²) in [5, 5.41) is 1.24. The van der Waals surface area contributed by atoms with E-state index >= 15 is 0 Å². The first-order valence-electron chi connectivity index (χ1n) is 7.36. The number of hydrogen-bond acceptors (Lipinski definition) is 1. The molecule has 0 amide bonds. The average Bonchev–Trinajstić information content (AvgIpc) is 2.81. The van der Waals surface area contributed by atoms with Gasteiger partial charge < -0.3 is 4.98 Å². The van der Waals surface area contributed by atoms with Crippen molar-refractivity contribution in [3.05, 3.63) is 71.4 Å². The van der Waals surface area contributed by atoms with E-state index in [2.05, 4.69) is 24.0 Å². The Labute approximate surface area is 124 Å². The number of rotatable bonds is 5. The molecule has 0 radical (unpaired) electrons. The van der Waals surface area contributed by atoms with Crippen LogP contribution in [0.15, 0.2) is 54.6 Å². The van der Waals surface area contributed by atoms with Gasteiger partial charge in [-0.2, -0.15) is 0 Å². The van der Waals surface area contributed by atoms with E-state index in [1.165, 1.54) is 16.6 Å². The summed E-state index contributed by atoms with van der Waals surface area (Å²) in [6.07, 6.45) is 1.93. The Bertz CT molecular complexity index is 756. The van der Waals surface area contributed by atoms with E-state index in [-0.39, 0.29) is 0 Å². The lowest BCUT2D eigenvalue weighted by atomic mass is 10.0. The highest BCUT2D eigenvalue weighted by atomic mass is 16.1. The van der Waals surface area contributed by atoms with Gasteiger partial charge in [-0.25, -0.2) is 0 Å². The normalized spacial score (nSPS) is 10.9. The summed E-state index contributed by atoms with van der Waals surface area (Å²) in [5.74, 6) is 0.297. The van der Waals surface area contributed by atoms with Gasteiger partial charge in [0.15, 0.2) is 0 Å². The first kappa shape index (κ1) is 13.6. The molecule has 21 heavy (non-hydrogen) atoms. The molecular weight excluding hydrogens is 258 g/mol. The molecule has 0 spiro atoms. The van der Waals surface area contributed by atoms with Gasteiger partial charge in [-0.15, -0.1) is 0 Å². The van der Waals surface area contributed by atoms with Crippen molar-refractivity contribution in [1.29, 1.82) is 0 Å². The second kappa shape index (κ2) is 5.96. The smallest absolute Gasteiger partial charge is 0.137 e. The van der Waals surface area contributed by atoms with Crippen LogP contribution in [0.2, 0.25) is 0 Å². The van der Waals surface area contributed by atoms with Gasteiger partial charge in [0.1, 0.15) is 5.78 Å².